The fourth-order valence-electron chi connectivity index (χ4n) is 5.40. The van der Waals surface area contributed by atoms with Gasteiger partial charge in [-0.2, -0.15) is 0 Å². The summed E-state index contributed by atoms with van der Waals surface area (Å²) in [7, 11) is -1.60. The molecule has 1 nitrogen and oxygen atoms in total. The molecule has 3 aromatic rings. The molecule has 1 radical (unpaired) electrons. The van der Waals surface area contributed by atoms with E-state index in [9.17, 15) is 0 Å². The van der Waals surface area contributed by atoms with E-state index < -0.39 is 8.32 Å². The van der Waals surface area contributed by atoms with Crippen molar-refractivity contribution >= 4 is 26.5 Å². The van der Waals surface area contributed by atoms with Crippen LogP contribution in [0.5, 0.6) is 0 Å². The number of fused-ring (bicyclic) bond motifs is 3. The summed E-state index contributed by atoms with van der Waals surface area (Å²) in [5.74, 6) is 0.238. The normalized spacial score (nSPS) is 16.4. The standard InChI is InChI=1S/C30H31OSi.2ClH.Zr/c1-6-21-15-16-27-25-13-9-7-12-23(25)19-28(27)29(21)30-24(17-20(2)31-32(3,4)5)18-22-11-8-10-14-26(22)30;;;/h6-16,18,20,30H,17H2,1-5H3;2*1H;/q-1;;;+3/p-2. The first-order chi connectivity index (χ1) is 15.4. The van der Waals surface area contributed by atoms with Crippen molar-refractivity contribution in [2.45, 2.75) is 51.9 Å². The molecule has 0 N–H and O–H groups in total. The Kier molecular flexibility index (Phi) is 10.2. The molecule has 0 amide bonds. The second-order valence-electron chi connectivity index (χ2n) is 9.98. The molecule has 0 aromatic heterocycles. The fourth-order valence-corrected chi connectivity index (χ4v) is 6.69. The van der Waals surface area contributed by atoms with Crippen LogP contribution in [0.25, 0.3) is 18.2 Å². The minimum absolute atomic E-state index is 0. The van der Waals surface area contributed by atoms with Crippen molar-refractivity contribution in [1.82, 2.24) is 0 Å². The SMILES string of the molecule is CC=c1ccc2c(c1C1C(CC(C)O[Si](C)(C)C)=Cc3ccccc31)[C-]=c1ccccc1=2.[Cl-].[Cl-].[Zr+3]. The number of hydrogen-bond donors (Lipinski definition) is 0. The van der Waals surface area contributed by atoms with Crippen LogP contribution in [-0.2, 0) is 30.6 Å². The van der Waals surface area contributed by atoms with Gasteiger partial charge in [0.1, 0.15) is 0 Å². The smallest absolute Gasteiger partial charge is 1.00 e. The average molecular weight is 598 g/mol. The molecule has 0 saturated heterocycles. The van der Waals surface area contributed by atoms with Gasteiger partial charge < -0.3 is 29.2 Å². The minimum atomic E-state index is -1.60. The van der Waals surface area contributed by atoms with E-state index in [2.05, 4.69) is 112 Å². The van der Waals surface area contributed by atoms with E-state index in [1.54, 1.807) is 0 Å². The molecule has 0 aliphatic heterocycles. The molecule has 0 saturated carbocycles. The Morgan fingerprint density at radius 1 is 0.943 bits per heavy atom. The zero-order valence-electron chi connectivity index (χ0n) is 21.0. The summed E-state index contributed by atoms with van der Waals surface area (Å²) >= 11 is 0. The first kappa shape index (κ1) is 30.0. The molecule has 0 spiro atoms. The maximum absolute atomic E-state index is 6.46. The van der Waals surface area contributed by atoms with Gasteiger partial charge in [-0.1, -0.05) is 83.1 Å². The summed E-state index contributed by atoms with van der Waals surface area (Å²) in [4.78, 5) is 0. The van der Waals surface area contributed by atoms with Crippen LogP contribution in [0.1, 0.15) is 48.4 Å². The van der Waals surface area contributed by atoms with Crippen LogP contribution in [0.2, 0.25) is 19.6 Å². The van der Waals surface area contributed by atoms with Crippen molar-refractivity contribution in [2.75, 3.05) is 0 Å². The molecule has 0 fully saturated rings. The molecule has 2 aliphatic carbocycles. The fraction of sp³-hybridized carbons (Fsp3) is 0.267. The third-order valence-corrected chi connectivity index (χ3v) is 7.56. The van der Waals surface area contributed by atoms with Crippen molar-refractivity contribution in [1.29, 1.82) is 0 Å². The van der Waals surface area contributed by atoms with Crippen molar-refractivity contribution in [3.8, 4) is 0 Å². The van der Waals surface area contributed by atoms with Gasteiger partial charge in [0.2, 0.25) is 0 Å². The van der Waals surface area contributed by atoms with Crippen molar-refractivity contribution in [2.24, 2.45) is 0 Å². The summed E-state index contributed by atoms with van der Waals surface area (Å²) in [5, 5.41) is 5.09. The molecular formula is C30H31Cl2OSiZr. The van der Waals surface area contributed by atoms with Crippen LogP contribution in [0, 0.1) is 10.4 Å². The van der Waals surface area contributed by atoms with Crippen LogP contribution in [0.4, 0.5) is 0 Å². The van der Waals surface area contributed by atoms with Crippen molar-refractivity contribution < 1.29 is 55.4 Å². The predicted octanol–water partition coefficient (Wildman–Crippen LogP) is -0.0423. The predicted molar refractivity (Wildman–Crippen MR) is 137 cm³/mol. The Hall–Kier alpha value is -1.22. The molecule has 179 valence electrons. The van der Waals surface area contributed by atoms with Gasteiger partial charge in [-0.15, -0.1) is 33.4 Å². The Bertz CT molecular complexity index is 1460. The summed E-state index contributed by atoms with van der Waals surface area (Å²) in [6.45, 7) is 11.2. The van der Waals surface area contributed by atoms with Gasteiger partial charge in [0.15, 0.2) is 8.32 Å². The van der Waals surface area contributed by atoms with Gasteiger partial charge in [0.25, 0.3) is 0 Å². The van der Waals surface area contributed by atoms with Crippen LogP contribution < -0.4 is 35.3 Å². The van der Waals surface area contributed by atoms with Gasteiger partial charge in [-0.3, -0.25) is 0 Å². The van der Waals surface area contributed by atoms with Crippen molar-refractivity contribution in [3.63, 3.8) is 0 Å². The molecular weight excluding hydrogens is 567 g/mol. The van der Waals surface area contributed by atoms with Crippen LogP contribution in [0.15, 0.2) is 66.2 Å². The van der Waals surface area contributed by atoms with Gasteiger partial charge >= 0.3 is 26.2 Å². The van der Waals surface area contributed by atoms with Crippen LogP contribution in [-0.4, -0.2) is 14.4 Å². The summed E-state index contributed by atoms with van der Waals surface area (Å²) in [6, 6.07) is 22.1. The molecule has 0 bridgehead atoms. The molecule has 2 unspecified atom stereocenters. The average Bonchev–Trinajstić information content (AvgIpc) is 3.29. The van der Waals surface area contributed by atoms with E-state index in [0.29, 0.717) is 0 Å². The van der Waals surface area contributed by atoms with Crippen LogP contribution >= 0.6 is 0 Å². The van der Waals surface area contributed by atoms with Gasteiger partial charge in [-0.05, 0) is 51.0 Å². The van der Waals surface area contributed by atoms with E-state index in [0.717, 1.165) is 6.42 Å². The summed E-state index contributed by atoms with van der Waals surface area (Å²) < 4.78 is 6.46. The topological polar surface area (TPSA) is 9.23 Å². The van der Waals surface area contributed by atoms with E-state index in [4.69, 9.17) is 4.43 Å². The van der Waals surface area contributed by atoms with Gasteiger partial charge in [0, 0.05) is 12.0 Å². The summed E-state index contributed by atoms with van der Waals surface area (Å²) in [5.41, 5.74) is 6.83. The van der Waals surface area contributed by atoms with E-state index >= 15 is 0 Å². The molecule has 3 aromatic carbocycles. The van der Waals surface area contributed by atoms with Crippen molar-refractivity contribution in [3.05, 3.63) is 109 Å². The van der Waals surface area contributed by atoms with E-state index in [-0.39, 0.29) is 63.0 Å². The quantitative estimate of drug-likeness (QED) is 0.232. The third-order valence-electron chi connectivity index (χ3n) is 6.45. The second-order valence-corrected chi connectivity index (χ2v) is 14.4. The largest absolute Gasteiger partial charge is 3.00 e. The van der Waals surface area contributed by atoms with E-state index in [1.165, 1.54) is 48.7 Å². The molecule has 2 aliphatic rings. The Morgan fingerprint density at radius 3 is 2.34 bits per heavy atom. The Balaban J connectivity index is 0.00000144. The maximum Gasteiger partial charge on any atom is 3.00 e. The molecule has 5 heteroatoms. The second kappa shape index (κ2) is 11.9. The number of halogens is 2. The summed E-state index contributed by atoms with van der Waals surface area (Å²) in [6.07, 6.45) is 9.58. The first-order valence-corrected chi connectivity index (χ1v) is 15.1. The first-order valence-electron chi connectivity index (χ1n) is 11.7. The number of hydrogen-bond acceptors (Lipinski definition) is 1. The van der Waals surface area contributed by atoms with Crippen LogP contribution in [0.3, 0.4) is 0 Å². The Morgan fingerprint density at radius 2 is 1.63 bits per heavy atom. The molecule has 5 rings (SSSR count). The number of rotatable bonds is 5. The number of benzene rings is 3. The van der Waals surface area contributed by atoms with E-state index in [1.807, 2.05) is 0 Å². The Labute approximate surface area is 241 Å². The maximum atomic E-state index is 6.46. The zero-order valence-corrected chi connectivity index (χ0v) is 25.9. The molecule has 2 atom stereocenters. The third kappa shape index (κ3) is 5.86. The monoisotopic (exact) mass is 595 g/mol. The molecule has 0 heterocycles. The van der Waals surface area contributed by atoms with Gasteiger partial charge in [-0.25, -0.2) is 0 Å². The zero-order chi connectivity index (χ0) is 22.5. The minimum Gasteiger partial charge on any atom is -1.00 e. The van der Waals surface area contributed by atoms with Gasteiger partial charge in [0.05, 0.1) is 0 Å². The molecule has 35 heavy (non-hydrogen) atoms.